The number of aromatic nitrogens is 1. The SMILES string of the molecule is Nc1ccc(F)cc1-c1nccs1. The minimum absolute atomic E-state index is 0.292. The van der Waals surface area contributed by atoms with Crippen LogP contribution in [0.25, 0.3) is 10.6 Å². The van der Waals surface area contributed by atoms with Crippen LogP contribution in [-0.4, -0.2) is 4.98 Å². The number of nitrogens with two attached hydrogens (primary N) is 1. The number of nitrogens with zero attached hydrogens (tertiary/aromatic N) is 1. The molecule has 4 heteroatoms. The summed E-state index contributed by atoms with van der Waals surface area (Å²) < 4.78 is 12.9. The van der Waals surface area contributed by atoms with Crippen molar-refractivity contribution in [3.05, 3.63) is 35.6 Å². The molecular formula is C9H7FN2S. The first-order chi connectivity index (χ1) is 6.27. The zero-order valence-corrected chi connectivity index (χ0v) is 7.51. The highest BCUT2D eigenvalue weighted by atomic mass is 32.1. The van der Waals surface area contributed by atoms with Crippen LogP contribution in [0.15, 0.2) is 29.8 Å². The Morgan fingerprint density at radius 3 is 2.92 bits per heavy atom. The van der Waals surface area contributed by atoms with Gasteiger partial charge in [0.2, 0.25) is 0 Å². The third kappa shape index (κ3) is 1.53. The summed E-state index contributed by atoms with van der Waals surface area (Å²) in [5.41, 5.74) is 6.89. The van der Waals surface area contributed by atoms with Gasteiger partial charge in [-0.1, -0.05) is 0 Å². The highest BCUT2D eigenvalue weighted by molar-refractivity contribution is 7.13. The minimum Gasteiger partial charge on any atom is -0.398 e. The van der Waals surface area contributed by atoms with Crippen LogP contribution in [0.4, 0.5) is 10.1 Å². The first-order valence-electron chi connectivity index (χ1n) is 3.72. The Balaban J connectivity index is 2.57. The summed E-state index contributed by atoms with van der Waals surface area (Å²) >= 11 is 1.44. The van der Waals surface area contributed by atoms with Gasteiger partial charge in [-0.15, -0.1) is 11.3 Å². The molecule has 2 rings (SSSR count). The zero-order valence-electron chi connectivity index (χ0n) is 6.70. The van der Waals surface area contributed by atoms with E-state index >= 15 is 0 Å². The molecule has 0 fully saturated rings. The maximum atomic E-state index is 12.9. The molecule has 0 aliphatic rings. The average molecular weight is 194 g/mol. The average Bonchev–Trinajstić information content (AvgIpc) is 2.61. The number of hydrogen-bond donors (Lipinski definition) is 1. The van der Waals surface area contributed by atoms with Gasteiger partial charge in [0.1, 0.15) is 10.8 Å². The molecule has 13 heavy (non-hydrogen) atoms. The molecule has 2 N–H and O–H groups in total. The number of halogens is 1. The van der Waals surface area contributed by atoms with Crippen molar-refractivity contribution in [1.82, 2.24) is 4.98 Å². The molecule has 0 atom stereocenters. The zero-order chi connectivity index (χ0) is 9.26. The van der Waals surface area contributed by atoms with E-state index in [2.05, 4.69) is 4.98 Å². The van der Waals surface area contributed by atoms with Gasteiger partial charge in [0.25, 0.3) is 0 Å². The van der Waals surface area contributed by atoms with Gasteiger partial charge in [0, 0.05) is 22.8 Å². The van der Waals surface area contributed by atoms with Gasteiger partial charge in [-0.25, -0.2) is 9.37 Å². The summed E-state index contributed by atoms with van der Waals surface area (Å²) in [5, 5.41) is 2.58. The minimum atomic E-state index is -0.292. The Labute approximate surface area is 78.9 Å². The van der Waals surface area contributed by atoms with Crippen molar-refractivity contribution in [1.29, 1.82) is 0 Å². The van der Waals surface area contributed by atoms with Crippen LogP contribution in [0.2, 0.25) is 0 Å². The predicted octanol–water partition coefficient (Wildman–Crippen LogP) is 2.53. The van der Waals surface area contributed by atoms with Crippen LogP contribution in [0.3, 0.4) is 0 Å². The molecule has 1 aromatic carbocycles. The molecule has 0 saturated heterocycles. The van der Waals surface area contributed by atoms with Crippen LogP contribution in [0.1, 0.15) is 0 Å². The molecule has 0 saturated carbocycles. The predicted molar refractivity (Wildman–Crippen MR) is 51.9 cm³/mol. The summed E-state index contributed by atoms with van der Waals surface area (Å²) in [6.07, 6.45) is 1.67. The van der Waals surface area contributed by atoms with Crippen molar-refractivity contribution in [2.24, 2.45) is 0 Å². The summed E-state index contributed by atoms with van der Waals surface area (Å²) in [6.45, 7) is 0. The van der Waals surface area contributed by atoms with Crippen molar-refractivity contribution in [3.8, 4) is 10.6 Å². The maximum absolute atomic E-state index is 12.9. The van der Waals surface area contributed by atoms with E-state index in [0.29, 0.717) is 11.3 Å². The lowest BCUT2D eigenvalue weighted by molar-refractivity contribution is 0.628. The lowest BCUT2D eigenvalue weighted by atomic mass is 10.2. The number of anilines is 1. The second kappa shape index (κ2) is 3.14. The van der Waals surface area contributed by atoms with E-state index in [9.17, 15) is 4.39 Å². The number of hydrogen-bond acceptors (Lipinski definition) is 3. The first-order valence-corrected chi connectivity index (χ1v) is 4.60. The third-order valence-electron chi connectivity index (χ3n) is 1.68. The van der Waals surface area contributed by atoms with E-state index in [1.54, 1.807) is 12.3 Å². The first kappa shape index (κ1) is 8.19. The summed E-state index contributed by atoms with van der Waals surface area (Å²) in [4.78, 5) is 4.06. The van der Waals surface area contributed by atoms with Gasteiger partial charge in [-0.05, 0) is 18.2 Å². The van der Waals surface area contributed by atoms with E-state index in [0.717, 1.165) is 5.01 Å². The van der Waals surface area contributed by atoms with Crippen LogP contribution in [-0.2, 0) is 0 Å². The highest BCUT2D eigenvalue weighted by Gasteiger charge is 2.05. The quantitative estimate of drug-likeness (QED) is 0.708. The van der Waals surface area contributed by atoms with E-state index in [-0.39, 0.29) is 5.82 Å². The Morgan fingerprint density at radius 1 is 1.38 bits per heavy atom. The fraction of sp³-hybridized carbons (Fsp3) is 0. The van der Waals surface area contributed by atoms with Gasteiger partial charge in [0.15, 0.2) is 0 Å². The van der Waals surface area contributed by atoms with Crippen molar-refractivity contribution in [2.45, 2.75) is 0 Å². The fourth-order valence-corrected chi connectivity index (χ4v) is 1.75. The molecule has 2 aromatic rings. The smallest absolute Gasteiger partial charge is 0.125 e. The lowest BCUT2D eigenvalue weighted by Gasteiger charge is -2.00. The second-order valence-electron chi connectivity index (χ2n) is 2.57. The van der Waals surface area contributed by atoms with Gasteiger partial charge >= 0.3 is 0 Å². The highest BCUT2D eigenvalue weighted by Crippen LogP contribution is 2.27. The third-order valence-corrected chi connectivity index (χ3v) is 2.48. The summed E-state index contributed by atoms with van der Waals surface area (Å²) in [5.74, 6) is -0.292. The van der Waals surface area contributed by atoms with E-state index in [1.165, 1.54) is 23.5 Å². The van der Waals surface area contributed by atoms with Gasteiger partial charge in [0.05, 0.1) is 0 Å². The Hall–Kier alpha value is -1.42. The molecule has 1 aromatic heterocycles. The van der Waals surface area contributed by atoms with Crippen LogP contribution in [0, 0.1) is 5.82 Å². The molecular weight excluding hydrogens is 187 g/mol. The van der Waals surface area contributed by atoms with Crippen molar-refractivity contribution >= 4 is 17.0 Å². The maximum Gasteiger partial charge on any atom is 0.125 e. The van der Waals surface area contributed by atoms with Crippen LogP contribution < -0.4 is 5.73 Å². The Kier molecular flexibility index (Phi) is 1.98. The second-order valence-corrected chi connectivity index (χ2v) is 3.46. The molecule has 0 spiro atoms. The van der Waals surface area contributed by atoms with E-state index < -0.39 is 0 Å². The van der Waals surface area contributed by atoms with Crippen molar-refractivity contribution in [3.63, 3.8) is 0 Å². The van der Waals surface area contributed by atoms with Crippen LogP contribution >= 0.6 is 11.3 Å². The number of nitrogen functional groups attached to an aromatic ring is 1. The Morgan fingerprint density at radius 2 is 2.23 bits per heavy atom. The van der Waals surface area contributed by atoms with E-state index in [1.807, 2.05) is 5.38 Å². The van der Waals surface area contributed by atoms with Gasteiger partial charge in [-0.2, -0.15) is 0 Å². The standard InChI is InChI=1S/C9H7FN2S/c10-6-1-2-8(11)7(5-6)9-12-3-4-13-9/h1-5H,11H2. The fourth-order valence-electron chi connectivity index (χ4n) is 1.07. The number of benzene rings is 1. The lowest BCUT2D eigenvalue weighted by Crippen LogP contribution is -1.90. The molecule has 0 unspecified atom stereocenters. The topological polar surface area (TPSA) is 38.9 Å². The summed E-state index contributed by atoms with van der Waals surface area (Å²) in [6, 6.07) is 4.28. The van der Waals surface area contributed by atoms with Crippen molar-refractivity contribution < 1.29 is 4.39 Å². The normalized spacial score (nSPS) is 10.2. The largest absolute Gasteiger partial charge is 0.398 e. The van der Waals surface area contributed by atoms with Crippen molar-refractivity contribution in [2.75, 3.05) is 5.73 Å². The monoisotopic (exact) mass is 194 g/mol. The molecule has 0 aliphatic heterocycles. The number of rotatable bonds is 1. The van der Waals surface area contributed by atoms with Gasteiger partial charge in [-0.3, -0.25) is 0 Å². The molecule has 0 aliphatic carbocycles. The van der Waals surface area contributed by atoms with Gasteiger partial charge < -0.3 is 5.73 Å². The molecule has 1 heterocycles. The molecule has 0 radical (unpaired) electrons. The Bertz CT molecular complexity index is 412. The van der Waals surface area contributed by atoms with Crippen LogP contribution in [0.5, 0.6) is 0 Å². The molecule has 66 valence electrons. The number of thiazole rings is 1. The molecule has 0 bridgehead atoms. The summed E-state index contributed by atoms with van der Waals surface area (Å²) in [7, 11) is 0. The molecule has 0 amide bonds. The molecule has 2 nitrogen and oxygen atoms in total. The van der Waals surface area contributed by atoms with E-state index in [4.69, 9.17) is 5.73 Å².